The molecule has 0 aliphatic heterocycles. The highest BCUT2D eigenvalue weighted by Crippen LogP contribution is 2.15. The van der Waals surface area contributed by atoms with E-state index in [9.17, 15) is 0 Å². The third-order valence-electron chi connectivity index (χ3n) is 3.17. The molecule has 0 radical (unpaired) electrons. The Bertz CT molecular complexity index is 525. The summed E-state index contributed by atoms with van der Waals surface area (Å²) in [7, 11) is 1.69. The molecule has 1 atom stereocenters. The Morgan fingerprint density at radius 1 is 1.20 bits per heavy atom. The summed E-state index contributed by atoms with van der Waals surface area (Å²) in [5, 5.41) is 3.45. The third kappa shape index (κ3) is 4.53. The first kappa shape index (κ1) is 14.9. The molecule has 106 valence electrons. The molecule has 0 spiro atoms. The number of halogens is 1. The Balaban J connectivity index is 1.82. The van der Waals surface area contributed by atoms with Gasteiger partial charge in [-0.15, -0.1) is 0 Å². The zero-order chi connectivity index (χ0) is 14.4. The van der Waals surface area contributed by atoms with Gasteiger partial charge in [0.05, 0.1) is 19.0 Å². The molecule has 0 aliphatic rings. The number of ether oxygens (including phenoxy) is 1. The van der Waals surface area contributed by atoms with Crippen molar-refractivity contribution in [1.29, 1.82) is 0 Å². The minimum absolute atomic E-state index is 0.403. The monoisotopic (exact) mass is 334 g/mol. The predicted octanol–water partition coefficient (Wildman–Crippen LogP) is 4.29. The average Bonchev–Trinajstić information content (AvgIpc) is 2.48. The molecule has 2 rings (SSSR count). The molecular weight excluding hydrogens is 316 g/mol. The van der Waals surface area contributed by atoms with Gasteiger partial charge in [-0.3, -0.25) is 0 Å². The lowest BCUT2D eigenvalue weighted by molar-refractivity contribution is 0.414. The number of benzene rings is 1. The number of aryl methyl sites for hydroxylation is 1. The lowest BCUT2D eigenvalue weighted by atomic mass is 10.1. The van der Waals surface area contributed by atoms with Crippen LogP contribution >= 0.6 is 15.9 Å². The first-order valence-corrected chi connectivity index (χ1v) is 7.47. The van der Waals surface area contributed by atoms with Crippen molar-refractivity contribution in [3.8, 4) is 5.75 Å². The summed E-state index contributed by atoms with van der Waals surface area (Å²) in [6.45, 7) is 2.19. The zero-order valence-corrected chi connectivity index (χ0v) is 13.4. The van der Waals surface area contributed by atoms with E-state index >= 15 is 0 Å². The van der Waals surface area contributed by atoms with Crippen LogP contribution in [-0.2, 0) is 6.42 Å². The fraction of sp³-hybridized carbons (Fsp3) is 0.312. The number of methoxy groups -OCH3 is 1. The highest BCUT2D eigenvalue weighted by Gasteiger charge is 2.03. The molecule has 0 saturated heterocycles. The Labute approximate surface area is 128 Å². The van der Waals surface area contributed by atoms with Gasteiger partial charge in [0, 0.05) is 6.04 Å². The minimum Gasteiger partial charge on any atom is -0.497 e. The molecule has 3 nitrogen and oxygen atoms in total. The molecule has 1 N–H and O–H groups in total. The third-order valence-corrected chi connectivity index (χ3v) is 3.63. The number of pyridine rings is 1. The minimum atomic E-state index is 0.403. The van der Waals surface area contributed by atoms with E-state index in [1.807, 2.05) is 30.5 Å². The van der Waals surface area contributed by atoms with Crippen LogP contribution in [0.4, 0.5) is 5.69 Å². The van der Waals surface area contributed by atoms with Gasteiger partial charge >= 0.3 is 0 Å². The molecule has 0 bridgehead atoms. The summed E-state index contributed by atoms with van der Waals surface area (Å²) in [6, 6.07) is 12.6. The van der Waals surface area contributed by atoms with Gasteiger partial charge in [0.15, 0.2) is 0 Å². The summed E-state index contributed by atoms with van der Waals surface area (Å²) in [5.74, 6) is 0.904. The zero-order valence-electron chi connectivity index (χ0n) is 11.8. The standard InChI is InChI=1S/C16H19BrN2O/c1-12(19-14-7-10-16(17)18-11-14)3-4-13-5-8-15(20-2)9-6-13/h5-12,19H,3-4H2,1-2H3. The summed E-state index contributed by atoms with van der Waals surface area (Å²) in [6.07, 6.45) is 3.96. The molecule has 20 heavy (non-hydrogen) atoms. The van der Waals surface area contributed by atoms with Crippen molar-refractivity contribution in [2.24, 2.45) is 0 Å². The van der Waals surface area contributed by atoms with Crippen molar-refractivity contribution >= 4 is 21.6 Å². The van der Waals surface area contributed by atoms with Crippen molar-refractivity contribution in [1.82, 2.24) is 4.98 Å². The number of hydrogen-bond acceptors (Lipinski definition) is 3. The van der Waals surface area contributed by atoms with Gasteiger partial charge in [-0.05, 0) is 65.5 Å². The summed E-state index contributed by atoms with van der Waals surface area (Å²) in [4.78, 5) is 4.21. The quantitative estimate of drug-likeness (QED) is 0.800. The fourth-order valence-corrected chi connectivity index (χ4v) is 2.23. The SMILES string of the molecule is COc1ccc(CCC(C)Nc2ccc(Br)nc2)cc1. The van der Waals surface area contributed by atoms with Crippen LogP contribution in [0, 0.1) is 0 Å². The summed E-state index contributed by atoms with van der Waals surface area (Å²) >= 11 is 3.34. The molecular formula is C16H19BrN2O. The molecule has 0 saturated carbocycles. The molecule has 1 aromatic carbocycles. The van der Waals surface area contributed by atoms with Gasteiger partial charge in [0.25, 0.3) is 0 Å². The molecule has 0 fully saturated rings. The molecule has 0 amide bonds. The lowest BCUT2D eigenvalue weighted by Gasteiger charge is -2.15. The van der Waals surface area contributed by atoms with Crippen molar-refractivity contribution in [2.75, 3.05) is 12.4 Å². The second kappa shape index (κ2) is 7.29. The number of nitrogens with one attached hydrogen (secondary N) is 1. The van der Waals surface area contributed by atoms with Gasteiger partial charge in [0.2, 0.25) is 0 Å². The lowest BCUT2D eigenvalue weighted by Crippen LogP contribution is -2.16. The molecule has 1 unspecified atom stereocenters. The van der Waals surface area contributed by atoms with E-state index in [0.29, 0.717) is 6.04 Å². The van der Waals surface area contributed by atoms with Gasteiger partial charge in [-0.2, -0.15) is 0 Å². The Kier molecular flexibility index (Phi) is 5.41. The topological polar surface area (TPSA) is 34.1 Å². The molecule has 4 heteroatoms. The highest BCUT2D eigenvalue weighted by atomic mass is 79.9. The molecule has 2 aromatic rings. The summed E-state index contributed by atoms with van der Waals surface area (Å²) < 4.78 is 6.02. The highest BCUT2D eigenvalue weighted by molar-refractivity contribution is 9.10. The normalized spacial score (nSPS) is 11.9. The maximum absolute atomic E-state index is 5.16. The molecule has 1 aromatic heterocycles. The van der Waals surface area contributed by atoms with Gasteiger partial charge in [0.1, 0.15) is 10.4 Å². The van der Waals surface area contributed by atoms with E-state index in [4.69, 9.17) is 4.74 Å². The molecule has 0 aliphatic carbocycles. The van der Waals surface area contributed by atoms with E-state index in [2.05, 4.69) is 45.3 Å². The smallest absolute Gasteiger partial charge is 0.118 e. The van der Waals surface area contributed by atoms with Crippen LogP contribution in [0.15, 0.2) is 47.2 Å². The van der Waals surface area contributed by atoms with Crippen LogP contribution in [0.25, 0.3) is 0 Å². The van der Waals surface area contributed by atoms with Crippen molar-refractivity contribution in [3.63, 3.8) is 0 Å². The van der Waals surface area contributed by atoms with Crippen molar-refractivity contribution in [3.05, 3.63) is 52.8 Å². The first-order chi connectivity index (χ1) is 9.67. The predicted molar refractivity (Wildman–Crippen MR) is 86.3 cm³/mol. The second-order valence-electron chi connectivity index (χ2n) is 4.80. The van der Waals surface area contributed by atoms with Crippen LogP contribution in [0.1, 0.15) is 18.9 Å². The number of anilines is 1. The maximum atomic E-state index is 5.16. The van der Waals surface area contributed by atoms with E-state index < -0.39 is 0 Å². The van der Waals surface area contributed by atoms with Crippen LogP contribution < -0.4 is 10.1 Å². The second-order valence-corrected chi connectivity index (χ2v) is 5.61. The number of hydrogen-bond donors (Lipinski definition) is 1. The number of aromatic nitrogens is 1. The van der Waals surface area contributed by atoms with Crippen LogP contribution in [-0.4, -0.2) is 18.1 Å². The van der Waals surface area contributed by atoms with E-state index in [0.717, 1.165) is 28.9 Å². The van der Waals surface area contributed by atoms with Gasteiger partial charge in [-0.1, -0.05) is 12.1 Å². The van der Waals surface area contributed by atoms with Crippen molar-refractivity contribution < 1.29 is 4.74 Å². The number of rotatable bonds is 6. The van der Waals surface area contributed by atoms with Crippen LogP contribution in [0.5, 0.6) is 5.75 Å². The Hall–Kier alpha value is -1.55. The molecule has 1 heterocycles. The van der Waals surface area contributed by atoms with Crippen LogP contribution in [0.2, 0.25) is 0 Å². The summed E-state index contributed by atoms with van der Waals surface area (Å²) in [5.41, 5.74) is 2.38. The Morgan fingerprint density at radius 2 is 1.95 bits per heavy atom. The fourth-order valence-electron chi connectivity index (χ4n) is 1.99. The van der Waals surface area contributed by atoms with E-state index in [-0.39, 0.29) is 0 Å². The Morgan fingerprint density at radius 3 is 2.55 bits per heavy atom. The first-order valence-electron chi connectivity index (χ1n) is 6.68. The number of nitrogens with zero attached hydrogens (tertiary/aromatic N) is 1. The van der Waals surface area contributed by atoms with E-state index in [1.165, 1.54) is 5.56 Å². The maximum Gasteiger partial charge on any atom is 0.118 e. The largest absolute Gasteiger partial charge is 0.497 e. The van der Waals surface area contributed by atoms with Crippen LogP contribution in [0.3, 0.4) is 0 Å². The van der Waals surface area contributed by atoms with Crippen molar-refractivity contribution in [2.45, 2.75) is 25.8 Å². The van der Waals surface area contributed by atoms with Gasteiger partial charge < -0.3 is 10.1 Å². The average molecular weight is 335 g/mol. The van der Waals surface area contributed by atoms with Gasteiger partial charge in [-0.25, -0.2) is 4.98 Å². The van der Waals surface area contributed by atoms with E-state index in [1.54, 1.807) is 7.11 Å².